The number of benzene rings is 2. The molecular weight excluding hydrogens is 388 g/mol. The third-order valence-electron chi connectivity index (χ3n) is 5.70. The molecule has 2 aromatic heterocycles. The lowest BCUT2D eigenvalue weighted by Crippen LogP contribution is -2.34. The molecule has 0 aliphatic carbocycles. The van der Waals surface area contributed by atoms with Gasteiger partial charge in [-0.3, -0.25) is 14.8 Å². The molecule has 0 saturated heterocycles. The average molecular weight is 412 g/mol. The van der Waals surface area contributed by atoms with Gasteiger partial charge >= 0.3 is 0 Å². The van der Waals surface area contributed by atoms with Crippen molar-refractivity contribution in [2.24, 2.45) is 0 Å². The number of para-hydroxylation sites is 1. The van der Waals surface area contributed by atoms with Crippen molar-refractivity contribution in [3.63, 3.8) is 0 Å². The van der Waals surface area contributed by atoms with E-state index in [2.05, 4.69) is 45.4 Å². The quantitative estimate of drug-likeness (QED) is 0.502. The second-order valence-electron chi connectivity index (χ2n) is 8.00. The normalized spacial score (nSPS) is 14.9. The fourth-order valence-electron chi connectivity index (χ4n) is 4.24. The first-order chi connectivity index (χ1) is 15.2. The zero-order valence-electron chi connectivity index (χ0n) is 17.4. The van der Waals surface area contributed by atoms with E-state index in [1.165, 1.54) is 10.9 Å². The van der Waals surface area contributed by atoms with Gasteiger partial charge in [0.2, 0.25) is 5.91 Å². The molecule has 1 unspecified atom stereocenters. The molecule has 1 aliphatic heterocycles. The first kappa shape index (κ1) is 19.3. The number of aromatic nitrogens is 3. The van der Waals surface area contributed by atoms with Gasteiger partial charge in [0.15, 0.2) is 0 Å². The summed E-state index contributed by atoms with van der Waals surface area (Å²) in [6, 6.07) is 12.4. The van der Waals surface area contributed by atoms with Crippen LogP contribution in [0.3, 0.4) is 0 Å². The molecule has 0 saturated carbocycles. The molecule has 31 heavy (non-hydrogen) atoms. The summed E-state index contributed by atoms with van der Waals surface area (Å²) in [7, 11) is 0. The van der Waals surface area contributed by atoms with E-state index in [0.29, 0.717) is 19.4 Å². The SMILES string of the molecule is Cc1cc2c(c(-c3cnccn3)c1)OC(CNC(=O)CCc1c[nH]c3ccccc13)C2. The molecule has 3 heterocycles. The van der Waals surface area contributed by atoms with E-state index in [0.717, 1.165) is 40.1 Å². The number of nitrogens with zero attached hydrogens (tertiary/aromatic N) is 2. The number of rotatable bonds is 6. The van der Waals surface area contributed by atoms with Gasteiger partial charge in [0.05, 0.1) is 18.4 Å². The number of H-pyrrole nitrogens is 1. The van der Waals surface area contributed by atoms with Gasteiger partial charge in [0.1, 0.15) is 11.9 Å². The van der Waals surface area contributed by atoms with E-state index >= 15 is 0 Å². The number of fused-ring (bicyclic) bond motifs is 2. The minimum atomic E-state index is -0.0794. The topological polar surface area (TPSA) is 79.9 Å². The molecule has 0 bridgehead atoms. The van der Waals surface area contributed by atoms with E-state index in [1.807, 2.05) is 24.4 Å². The van der Waals surface area contributed by atoms with Crippen molar-refractivity contribution in [2.45, 2.75) is 32.3 Å². The molecule has 1 atom stereocenters. The number of carbonyl (C=O) groups excluding carboxylic acids is 1. The van der Waals surface area contributed by atoms with Crippen LogP contribution in [0.2, 0.25) is 0 Å². The van der Waals surface area contributed by atoms with E-state index in [9.17, 15) is 4.79 Å². The van der Waals surface area contributed by atoms with Crippen molar-refractivity contribution >= 4 is 16.8 Å². The molecule has 156 valence electrons. The molecule has 6 heteroatoms. The Morgan fingerprint density at radius 2 is 2.16 bits per heavy atom. The predicted molar refractivity (Wildman–Crippen MR) is 120 cm³/mol. The molecule has 0 spiro atoms. The maximum absolute atomic E-state index is 12.5. The maximum Gasteiger partial charge on any atom is 0.220 e. The summed E-state index contributed by atoms with van der Waals surface area (Å²) < 4.78 is 6.22. The largest absolute Gasteiger partial charge is 0.487 e. The highest BCUT2D eigenvalue weighted by Crippen LogP contribution is 2.38. The number of aryl methyl sites for hydroxylation is 2. The van der Waals surface area contributed by atoms with Crippen LogP contribution >= 0.6 is 0 Å². The number of carbonyl (C=O) groups is 1. The summed E-state index contributed by atoms with van der Waals surface area (Å²) in [5, 5.41) is 4.22. The summed E-state index contributed by atoms with van der Waals surface area (Å²) in [5.74, 6) is 0.888. The lowest BCUT2D eigenvalue weighted by atomic mass is 10.0. The molecule has 2 aromatic carbocycles. The Bertz CT molecular complexity index is 1230. The van der Waals surface area contributed by atoms with Gasteiger partial charge in [-0.25, -0.2) is 0 Å². The van der Waals surface area contributed by atoms with Crippen LogP contribution in [0.25, 0.3) is 22.2 Å². The molecule has 5 rings (SSSR count). The Kier molecular flexibility index (Phi) is 5.12. The minimum Gasteiger partial charge on any atom is -0.487 e. The Morgan fingerprint density at radius 1 is 1.26 bits per heavy atom. The van der Waals surface area contributed by atoms with Crippen LogP contribution in [0.15, 0.2) is 61.2 Å². The Labute approximate surface area is 180 Å². The second kappa shape index (κ2) is 8.22. The number of amides is 1. The van der Waals surface area contributed by atoms with Gasteiger partial charge in [-0.1, -0.05) is 24.3 Å². The monoisotopic (exact) mass is 412 g/mol. The highest BCUT2D eigenvalue weighted by atomic mass is 16.5. The number of ether oxygens (including phenoxy) is 1. The Morgan fingerprint density at radius 3 is 3.03 bits per heavy atom. The number of hydrogen-bond donors (Lipinski definition) is 2. The van der Waals surface area contributed by atoms with Gasteiger partial charge < -0.3 is 15.0 Å². The van der Waals surface area contributed by atoms with Gasteiger partial charge in [-0.2, -0.15) is 0 Å². The first-order valence-corrected chi connectivity index (χ1v) is 10.6. The molecular formula is C25H24N4O2. The molecule has 1 amide bonds. The molecule has 0 radical (unpaired) electrons. The van der Waals surface area contributed by atoms with Gasteiger partial charge in [0, 0.05) is 47.9 Å². The van der Waals surface area contributed by atoms with E-state index in [1.54, 1.807) is 18.6 Å². The van der Waals surface area contributed by atoms with Crippen LogP contribution in [0.1, 0.15) is 23.1 Å². The summed E-state index contributed by atoms with van der Waals surface area (Å²) in [6.07, 6.45) is 8.93. The molecule has 2 N–H and O–H groups in total. The first-order valence-electron chi connectivity index (χ1n) is 10.6. The van der Waals surface area contributed by atoms with Crippen molar-refractivity contribution in [2.75, 3.05) is 6.54 Å². The van der Waals surface area contributed by atoms with Crippen molar-refractivity contribution in [3.05, 3.63) is 77.9 Å². The highest BCUT2D eigenvalue weighted by Gasteiger charge is 2.27. The lowest BCUT2D eigenvalue weighted by molar-refractivity contribution is -0.121. The number of hydrogen-bond acceptors (Lipinski definition) is 4. The smallest absolute Gasteiger partial charge is 0.220 e. The summed E-state index contributed by atoms with van der Waals surface area (Å²) in [6.45, 7) is 2.56. The maximum atomic E-state index is 12.5. The lowest BCUT2D eigenvalue weighted by Gasteiger charge is -2.13. The molecule has 6 nitrogen and oxygen atoms in total. The van der Waals surface area contributed by atoms with Crippen molar-refractivity contribution < 1.29 is 9.53 Å². The second-order valence-corrected chi connectivity index (χ2v) is 8.00. The molecule has 4 aromatic rings. The van der Waals surface area contributed by atoms with E-state index in [4.69, 9.17) is 4.74 Å². The fraction of sp³-hybridized carbons (Fsp3) is 0.240. The standard InChI is InChI=1S/C25H24N4O2/c1-16-10-18-12-19(31-25(18)21(11-16)23-15-26-8-9-27-23)14-29-24(30)7-6-17-13-28-22-5-3-2-4-20(17)22/h2-5,8-11,13,15,19,28H,6-7,12,14H2,1H3,(H,29,30). The summed E-state index contributed by atoms with van der Waals surface area (Å²) >= 11 is 0. The Hall–Kier alpha value is -3.67. The van der Waals surface area contributed by atoms with Crippen LogP contribution < -0.4 is 10.1 Å². The summed E-state index contributed by atoms with van der Waals surface area (Å²) in [5.41, 5.74) is 6.33. The molecule has 1 aliphatic rings. The highest BCUT2D eigenvalue weighted by molar-refractivity contribution is 5.84. The van der Waals surface area contributed by atoms with Gasteiger partial charge in [0.25, 0.3) is 0 Å². The fourth-order valence-corrected chi connectivity index (χ4v) is 4.24. The zero-order chi connectivity index (χ0) is 21.2. The number of nitrogens with one attached hydrogen (secondary N) is 2. The third-order valence-corrected chi connectivity index (χ3v) is 5.70. The van der Waals surface area contributed by atoms with Crippen molar-refractivity contribution in [1.82, 2.24) is 20.3 Å². The molecule has 0 fully saturated rings. The summed E-state index contributed by atoms with van der Waals surface area (Å²) in [4.78, 5) is 24.3. The minimum absolute atomic E-state index is 0.0372. The predicted octanol–water partition coefficient (Wildman–Crippen LogP) is 3.99. The van der Waals surface area contributed by atoms with E-state index < -0.39 is 0 Å². The van der Waals surface area contributed by atoms with Gasteiger partial charge in [-0.15, -0.1) is 0 Å². The van der Waals surface area contributed by atoms with Crippen LogP contribution in [0.4, 0.5) is 0 Å². The average Bonchev–Trinajstić information content (AvgIpc) is 3.40. The third kappa shape index (κ3) is 4.01. The Balaban J connectivity index is 1.20. The van der Waals surface area contributed by atoms with Crippen molar-refractivity contribution in [3.8, 4) is 17.0 Å². The van der Waals surface area contributed by atoms with Crippen LogP contribution in [-0.4, -0.2) is 33.5 Å². The van der Waals surface area contributed by atoms with Gasteiger partial charge in [-0.05, 0) is 42.2 Å². The zero-order valence-corrected chi connectivity index (χ0v) is 17.4. The number of aromatic amines is 1. The van der Waals surface area contributed by atoms with Crippen molar-refractivity contribution in [1.29, 1.82) is 0 Å². The van der Waals surface area contributed by atoms with E-state index in [-0.39, 0.29) is 12.0 Å². The van der Waals surface area contributed by atoms with Crippen LogP contribution in [-0.2, 0) is 17.6 Å². The van der Waals surface area contributed by atoms with Crippen LogP contribution in [0, 0.1) is 6.92 Å². The van der Waals surface area contributed by atoms with Crippen LogP contribution in [0.5, 0.6) is 5.75 Å².